The Hall–Kier alpha value is -1.22. The van der Waals surface area contributed by atoms with Crippen molar-refractivity contribution in [3.8, 4) is 11.5 Å². The van der Waals surface area contributed by atoms with E-state index in [1.54, 1.807) is 7.11 Å². The van der Waals surface area contributed by atoms with Gasteiger partial charge in [-0.1, -0.05) is 25.5 Å². The minimum Gasteiger partial charge on any atom is -0.493 e. The van der Waals surface area contributed by atoms with Gasteiger partial charge in [-0.3, -0.25) is 0 Å². The molecule has 0 amide bonds. The van der Waals surface area contributed by atoms with Gasteiger partial charge in [0.2, 0.25) is 0 Å². The Bertz CT molecular complexity index is 375. The first-order valence-corrected chi connectivity index (χ1v) is 6.84. The monoisotopic (exact) mass is 249 g/mol. The molecule has 1 fully saturated rings. The van der Waals surface area contributed by atoms with Crippen LogP contribution >= 0.6 is 0 Å². The van der Waals surface area contributed by atoms with Crippen LogP contribution in [0.3, 0.4) is 0 Å². The zero-order chi connectivity index (χ0) is 12.8. The zero-order valence-electron chi connectivity index (χ0n) is 11.4. The van der Waals surface area contributed by atoms with Crippen molar-refractivity contribution in [2.24, 2.45) is 5.92 Å². The van der Waals surface area contributed by atoms with Crippen LogP contribution in [-0.2, 0) is 6.54 Å². The van der Waals surface area contributed by atoms with Gasteiger partial charge < -0.3 is 14.8 Å². The standard InChI is InChI=1S/C15H23NO2/c1-3-16-10-13-8-5-9-14(17-2)15(13)18-11-12-6-4-7-12/h5,8-9,12,16H,3-4,6-7,10-11H2,1-2H3. The van der Waals surface area contributed by atoms with Gasteiger partial charge in [0, 0.05) is 12.1 Å². The number of benzene rings is 1. The average Bonchev–Trinajstić information content (AvgIpc) is 2.35. The first-order valence-electron chi connectivity index (χ1n) is 6.84. The highest BCUT2D eigenvalue weighted by Crippen LogP contribution is 2.33. The van der Waals surface area contributed by atoms with E-state index in [-0.39, 0.29) is 0 Å². The Morgan fingerprint density at radius 3 is 2.78 bits per heavy atom. The Balaban J connectivity index is 2.06. The van der Waals surface area contributed by atoms with Crippen LogP contribution in [0.1, 0.15) is 31.7 Å². The van der Waals surface area contributed by atoms with E-state index in [4.69, 9.17) is 9.47 Å². The quantitative estimate of drug-likeness (QED) is 0.806. The van der Waals surface area contributed by atoms with Gasteiger partial charge >= 0.3 is 0 Å². The first-order chi connectivity index (χ1) is 8.85. The van der Waals surface area contributed by atoms with Crippen molar-refractivity contribution >= 4 is 0 Å². The molecule has 3 heteroatoms. The molecule has 0 heterocycles. The van der Waals surface area contributed by atoms with Crippen LogP contribution in [0.5, 0.6) is 11.5 Å². The lowest BCUT2D eigenvalue weighted by molar-refractivity contribution is 0.174. The average molecular weight is 249 g/mol. The van der Waals surface area contributed by atoms with Gasteiger partial charge in [-0.25, -0.2) is 0 Å². The fraction of sp³-hybridized carbons (Fsp3) is 0.600. The fourth-order valence-electron chi connectivity index (χ4n) is 2.15. The highest BCUT2D eigenvalue weighted by molar-refractivity contribution is 5.46. The molecule has 1 aromatic rings. The fourth-order valence-corrected chi connectivity index (χ4v) is 2.15. The number of methoxy groups -OCH3 is 1. The molecular formula is C15H23NO2. The minimum atomic E-state index is 0.738. The van der Waals surface area contributed by atoms with Crippen molar-refractivity contribution in [3.05, 3.63) is 23.8 Å². The van der Waals surface area contributed by atoms with Crippen LogP contribution in [0.4, 0.5) is 0 Å². The second-order valence-corrected chi connectivity index (χ2v) is 4.84. The van der Waals surface area contributed by atoms with E-state index in [9.17, 15) is 0 Å². The van der Waals surface area contributed by atoms with Crippen molar-refractivity contribution in [1.82, 2.24) is 5.32 Å². The molecule has 100 valence electrons. The lowest BCUT2D eigenvalue weighted by Gasteiger charge is -2.26. The molecule has 0 radical (unpaired) electrons. The minimum absolute atomic E-state index is 0.738. The molecule has 1 aliphatic carbocycles. The molecular weight excluding hydrogens is 226 g/mol. The van der Waals surface area contributed by atoms with Gasteiger partial charge in [0.05, 0.1) is 13.7 Å². The summed E-state index contributed by atoms with van der Waals surface area (Å²) >= 11 is 0. The SMILES string of the molecule is CCNCc1cccc(OC)c1OCC1CCC1. The molecule has 2 rings (SSSR count). The second kappa shape index (κ2) is 6.64. The van der Waals surface area contributed by atoms with Crippen molar-refractivity contribution in [3.63, 3.8) is 0 Å². The largest absolute Gasteiger partial charge is 0.493 e. The van der Waals surface area contributed by atoms with Gasteiger partial charge in [-0.2, -0.15) is 0 Å². The topological polar surface area (TPSA) is 30.5 Å². The molecule has 0 atom stereocenters. The first kappa shape index (κ1) is 13.2. The van der Waals surface area contributed by atoms with E-state index in [0.29, 0.717) is 0 Å². The van der Waals surface area contributed by atoms with Crippen LogP contribution in [0.25, 0.3) is 0 Å². The number of nitrogens with one attached hydrogen (secondary N) is 1. The van der Waals surface area contributed by atoms with Gasteiger partial charge in [0.25, 0.3) is 0 Å². The maximum absolute atomic E-state index is 6.00. The molecule has 0 spiro atoms. The summed E-state index contributed by atoms with van der Waals surface area (Å²) in [7, 11) is 1.70. The van der Waals surface area contributed by atoms with E-state index >= 15 is 0 Å². The summed E-state index contributed by atoms with van der Waals surface area (Å²) in [5, 5.41) is 3.34. The molecule has 1 N–H and O–H groups in total. The Morgan fingerprint density at radius 2 is 2.17 bits per heavy atom. The summed E-state index contributed by atoms with van der Waals surface area (Å²) in [6.07, 6.45) is 3.96. The number of hydrogen-bond donors (Lipinski definition) is 1. The summed E-state index contributed by atoms with van der Waals surface area (Å²) < 4.78 is 11.4. The van der Waals surface area contributed by atoms with E-state index < -0.39 is 0 Å². The maximum Gasteiger partial charge on any atom is 0.165 e. The summed E-state index contributed by atoms with van der Waals surface area (Å²) in [5.41, 5.74) is 1.18. The highest BCUT2D eigenvalue weighted by Gasteiger charge is 2.19. The maximum atomic E-state index is 6.00. The number of hydrogen-bond acceptors (Lipinski definition) is 3. The van der Waals surface area contributed by atoms with E-state index in [2.05, 4.69) is 18.3 Å². The van der Waals surface area contributed by atoms with Crippen molar-refractivity contribution in [2.75, 3.05) is 20.3 Å². The lowest BCUT2D eigenvalue weighted by Crippen LogP contribution is -2.20. The zero-order valence-corrected chi connectivity index (χ0v) is 11.4. The Labute approximate surface area is 109 Å². The molecule has 1 saturated carbocycles. The predicted molar refractivity (Wildman–Crippen MR) is 73.2 cm³/mol. The number of rotatable bonds is 7. The van der Waals surface area contributed by atoms with E-state index in [0.717, 1.165) is 37.1 Å². The van der Waals surface area contributed by atoms with E-state index in [1.165, 1.54) is 24.8 Å². The second-order valence-electron chi connectivity index (χ2n) is 4.84. The third-order valence-electron chi connectivity index (χ3n) is 3.53. The molecule has 3 nitrogen and oxygen atoms in total. The number of para-hydroxylation sites is 1. The normalized spacial score (nSPS) is 15.2. The van der Waals surface area contributed by atoms with Crippen molar-refractivity contribution in [1.29, 1.82) is 0 Å². The van der Waals surface area contributed by atoms with Gasteiger partial charge in [0.1, 0.15) is 0 Å². The summed E-state index contributed by atoms with van der Waals surface area (Å²) in [6.45, 7) is 4.71. The molecule has 0 saturated heterocycles. The van der Waals surface area contributed by atoms with Crippen LogP contribution in [0, 0.1) is 5.92 Å². The Morgan fingerprint density at radius 1 is 1.33 bits per heavy atom. The third kappa shape index (κ3) is 3.16. The molecule has 1 aromatic carbocycles. The van der Waals surface area contributed by atoms with Crippen molar-refractivity contribution < 1.29 is 9.47 Å². The van der Waals surface area contributed by atoms with Crippen LogP contribution in [-0.4, -0.2) is 20.3 Å². The molecule has 0 aliphatic heterocycles. The third-order valence-corrected chi connectivity index (χ3v) is 3.53. The number of ether oxygens (including phenoxy) is 2. The highest BCUT2D eigenvalue weighted by atomic mass is 16.5. The summed E-state index contributed by atoms with van der Waals surface area (Å²) in [6, 6.07) is 6.08. The van der Waals surface area contributed by atoms with Crippen LogP contribution in [0.2, 0.25) is 0 Å². The molecule has 0 aromatic heterocycles. The van der Waals surface area contributed by atoms with Gasteiger partial charge in [-0.05, 0) is 31.4 Å². The molecule has 0 bridgehead atoms. The van der Waals surface area contributed by atoms with Crippen LogP contribution < -0.4 is 14.8 Å². The summed E-state index contributed by atoms with van der Waals surface area (Å²) in [5.74, 6) is 2.49. The van der Waals surface area contributed by atoms with Crippen molar-refractivity contribution in [2.45, 2.75) is 32.7 Å². The molecule has 1 aliphatic rings. The van der Waals surface area contributed by atoms with Gasteiger partial charge in [-0.15, -0.1) is 0 Å². The molecule has 0 unspecified atom stereocenters. The summed E-state index contributed by atoms with van der Waals surface area (Å²) in [4.78, 5) is 0. The van der Waals surface area contributed by atoms with Crippen LogP contribution in [0.15, 0.2) is 18.2 Å². The Kier molecular flexibility index (Phi) is 4.88. The molecule has 18 heavy (non-hydrogen) atoms. The van der Waals surface area contributed by atoms with Gasteiger partial charge in [0.15, 0.2) is 11.5 Å². The lowest BCUT2D eigenvalue weighted by atomic mass is 9.86. The smallest absolute Gasteiger partial charge is 0.165 e. The predicted octanol–water partition coefficient (Wildman–Crippen LogP) is 2.98. The van der Waals surface area contributed by atoms with E-state index in [1.807, 2.05) is 12.1 Å².